The molecule has 0 saturated carbocycles. The number of fused-ring (bicyclic) bond motifs is 1. The summed E-state index contributed by atoms with van der Waals surface area (Å²) in [6.07, 6.45) is 1.84. The van der Waals surface area contributed by atoms with Gasteiger partial charge in [-0.25, -0.2) is 0 Å². The first-order valence-electron chi connectivity index (χ1n) is 7.50. The summed E-state index contributed by atoms with van der Waals surface area (Å²) >= 11 is 0. The summed E-state index contributed by atoms with van der Waals surface area (Å²) in [5.74, 6) is -1.35. The average Bonchev–Trinajstić information content (AvgIpc) is 3.03. The van der Waals surface area contributed by atoms with E-state index in [0.717, 1.165) is 22.1 Å². The van der Waals surface area contributed by atoms with Gasteiger partial charge in [-0.1, -0.05) is 30.3 Å². The molecule has 0 saturated heterocycles. The molecule has 3 rings (SSSR count). The van der Waals surface area contributed by atoms with Gasteiger partial charge in [0, 0.05) is 24.9 Å². The van der Waals surface area contributed by atoms with Crippen molar-refractivity contribution in [1.82, 2.24) is 4.98 Å². The number of amides is 1. The Hall–Kier alpha value is -3.21. The highest BCUT2D eigenvalue weighted by molar-refractivity contribution is 6.36. The van der Waals surface area contributed by atoms with E-state index in [-0.39, 0.29) is 6.42 Å². The van der Waals surface area contributed by atoms with E-state index < -0.39 is 17.5 Å². The highest BCUT2D eigenvalue weighted by Crippen LogP contribution is 2.30. The number of aromatic amines is 1. The lowest BCUT2D eigenvalue weighted by Gasteiger charge is -2.08. The van der Waals surface area contributed by atoms with Gasteiger partial charge in [0.15, 0.2) is 5.78 Å². The van der Waals surface area contributed by atoms with Gasteiger partial charge >= 0.3 is 0 Å². The van der Waals surface area contributed by atoms with E-state index in [2.05, 4.69) is 4.98 Å². The molecule has 0 atom stereocenters. The average molecular weight is 320 g/mol. The number of Topliss-reactive ketones (excluding diaryl/α,β-unsaturated/α-hetero) is 2. The Labute approximate surface area is 138 Å². The smallest absolute Gasteiger partial charge is 0.250 e. The Kier molecular flexibility index (Phi) is 4.00. The van der Waals surface area contributed by atoms with Crippen LogP contribution in [0, 0.1) is 0 Å². The fourth-order valence-corrected chi connectivity index (χ4v) is 2.77. The number of aromatic nitrogens is 1. The van der Waals surface area contributed by atoms with Gasteiger partial charge in [0.1, 0.15) is 0 Å². The molecule has 0 aliphatic rings. The molecule has 0 fully saturated rings. The first-order valence-corrected chi connectivity index (χ1v) is 7.50. The first-order chi connectivity index (χ1) is 11.5. The second-order valence-corrected chi connectivity index (χ2v) is 5.65. The quantitative estimate of drug-likeness (QED) is 0.708. The molecular formula is C19H16N2O3. The van der Waals surface area contributed by atoms with Crippen LogP contribution in [0.3, 0.4) is 0 Å². The largest absolute Gasteiger partial charge is 0.366 e. The highest BCUT2D eigenvalue weighted by atomic mass is 16.2. The molecule has 1 heterocycles. The number of ketones is 2. The van der Waals surface area contributed by atoms with Crippen molar-refractivity contribution in [1.29, 1.82) is 0 Å². The molecule has 120 valence electrons. The molecule has 5 heteroatoms. The first kappa shape index (κ1) is 15.7. The normalized spacial score (nSPS) is 10.7. The van der Waals surface area contributed by atoms with Crippen LogP contribution < -0.4 is 5.73 Å². The zero-order valence-electron chi connectivity index (χ0n) is 13.1. The zero-order valence-corrected chi connectivity index (χ0v) is 13.1. The zero-order chi connectivity index (χ0) is 17.3. The van der Waals surface area contributed by atoms with Crippen LogP contribution in [0.15, 0.2) is 48.7 Å². The maximum Gasteiger partial charge on any atom is 0.250 e. The van der Waals surface area contributed by atoms with Crippen molar-refractivity contribution in [2.24, 2.45) is 5.73 Å². The van der Waals surface area contributed by atoms with Crippen LogP contribution in [0.5, 0.6) is 0 Å². The minimum Gasteiger partial charge on any atom is -0.366 e. The Morgan fingerprint density at radius 3 is 2.58 bits per heavy atom. The number of hydrogen-bond donors (Lipinski definition) is 2. The second-order valence-electron chi connectivity index (χ2n) is 5.65. The Bertz CT molecular complexity index is 970. The van der Waals surface area contributed by atoms with Gasteiger partial charge in [-0.2, -0.15) is 0 Å². The third kappa shape index (κ3) is 2.84. The lowest BCUT2D eigenvalue weighted by Crippen LogP contribution is -2.12. The van der Waals surface area contributed by atoms with E-state index in [0.29, 0.717) is 11.1 Å². The van der Waals surface area contributed by atoms with Crippen LogP contribution in [0.25, 0.3) is 22.0 Å². The number of carbonyl (C=O) groups is 3. The molecule has 5 nitrogen and oxygen atoms in total. The minimum atomic E-state index is -0.491. The van der Waals surface area contributed by atoms with Gasteiger partial charge in [0.2, 0.25) is 5.78 Å². The van der Waals surface area contributed by atoms with Crippen molar-refractivity contribution in [3.05, 3.63) is 59.8 Å². The number of primary amides is 1. The third-order valence-corrected chi connectivity index (χ3v) is 3.98. The Balaban J connectivity index is 2.07. The number of hydrogen-bond acceptors (Lipinski definition) is 3. The van der Waals surface area contributed by atoms with Crippen LogP contribution in [0.4, 0.5) is 0 Å². The molecular weight excluding hydrogens is 304 g/mol. The molecule has 1 aromatic heterocycles. The molecule has 2 aromatic carbocycles. The summed E-state index contributed by atoms with van der Waals surface area (Å²) in [7, 11) is 0. The van der Waals surface area contributed by atoms with E-state index in [1.807, 2.05) is 36.4 Å². The fraction of sp³-hybridized carbons (Fsp3) is 0.105. The number of H-pyrrole nitrogens is 1. The van der Waals surface area contributed by atoms with Gasteiger partial charge in [-0.15, -0.1) is 0 Å². The standard InChI is InChI=1S/C19H16N2O3/c1-11(22)17(23)10-12-3-2-4-13(9-12)14-5-6-16(19(20)24)18-15(14)7-8-21-18/h2-9,21H,10H2,1H3,(H2,20,24). The number of benzene rings is 2. The predicted molar refractivity (Wildman–Crippen MR) is 91.6 cm³/mol. The maximum absolute atomic E-state index is 11.6. The van der Waals surface area contributed by atoms with Gasteiger partial charge in [-0.05, 0) is 28.8 Å². The lowest BCUT2D eigenvalue weighted by molar-refractivity contribution is -0.134. The van der Waals surface area contributed by atoms with Crippen LogP contribution in [0.2, 0.25) is 0 Å². The van der Waals surface area contributed by atoms with E-state index in [1.54, 1.807) is 12.3 Å². The summed E-state index contributed by atoms with van der Waals surface area (Å²) in [5, 5.41) is 0.876. The molecule has 3 N–H and O–H groups in total. The summed E-state index contributed by atoms with van der Waals surface area (Å²) in [4.78, 5) is 37.4. The monoisotopic (exact) mass is 320 g/mol. The maximum atomic E-state index is 11.6. The van der Waals surface area contributed by atoms with Crippen LogP contribution in [0.1, 0.15) is 22.8 Å². The van der Waals surface area contributed by atoms with Gasteiger partial charge in [-0.3, -0.25) is 14.4 Å². The number of nitrogens with one attached hydrogen (secondary N) is 1. The molecule has 3 aromatic rings. The van der Waals surface area contributed by atoms with Gasteiger partial charge in [0.25, 0.3) is 5.91 Å². The Morgan fingerprint density at radius 1 is 1.08 bits per heavy atom. The van der Waals surface area contributed by atoms with Crippen molar-refractivity contribution in [2.75, 3.05) is 0 Å². The summed E-state index contributed by atoms with van der Waals surface area (Å²) in [5.41, 5.74) is 9.13. The van der Waals surface area contributed by atoms with E-state index in [4.69, 9.17) is 5.73 Å². The van der Waals surface area contributed by atoms with Crippen LogP contribution >= 0.6 is 0 Å². The number of rotatable bonds is 5. The molecule has 0 aliphatic heterocycles. The predicted octanol–water partition coefficient (Wildman–Crippen LogP) is 2.63. The van der Waals surface area contributed by atoms with Crippen molar-refractivity contribution >= 4 is 28.4 Å². The SMILES string of the molecule is CC(=O)C(=O)Cc1cccc(-c2ccc(C(N)=O)c3[nH]ccc23)c1. The molecule has 0 unspecified atom stereocenters. The molecule has 0 spiro atoms. The summed E-state index contributed by atoms with van der Waals surface area (Å²) in [6, 6.07) is 12.9. The summed E-state index contributed by atoms with van der Waals surface area (Å²) in [6.45, 7) is 1.28. The topological polar surface area (TPSA) is 93.0 Å². The van der Waals surface area contributed by atoms with Crippen molar-refractivity contribution in [2.45, 2.75) is 13.3 Å². The lowest BCUT2D eigenvalue weighted by atomic mass is 9.96. The molecule has 1 amide bonds. The molecule has 0 aliphatic carbocycles. The van der Waals surface area contributed by atoms with E-state index in [9.17, 15) is 14.4 Å². The number of nitrogens with two attached hydrogens (primary N) is 1. The molecule has 0 radical (unpaired) electrons. The molecule has 0 bridgehead atoms. The number of carbonyl (C=O) groups excluding carboxylic acids is 3. The van der Waals surface area contributed by atoms with Crippen molar-refractivity contribution in [3.8, 4) is 11.1 Å². The third-order valence-electron chi connectivity index (χ3n) is 3.98. The van der Waals surface area contributed by atoms with E-state index in [1.165, 1.54) is 6.92 Å². The Morgan fingerprint density at radius 2 is 1.88 bits per heavy atom. The highest BCUT2D eigenvalue weighted by Gasteiger charge is 2.13. The van der Waals surface area contributed by atoms with Crippen LogP contribution in [-0.4, -0.2) is 22.5 Å². The van der Waals surface area contributed by atoms with Crippen LogP contribution in [-0.2, 0) is 16.0 Å². The van der Waals surface area contributed by atoms with Crippen molar-refractivity contribution < 1.29 is 14.4 Å². The van der Waals surface area contributed by atoms with E-state index >= 15 is 0 Å². The minimum absolute atomic E-state index is 0.0822. The van der Waals surface area contributed by atoms with Gasteiger partial charge in [0.05, 0.1) is 11.1 Å². The fourth-order valence-electron chi connectivity index (χ4n) is 2.77. The van der Waals surface area contributed by atoms with Gasteiger partial charge < -0.3 is 10.7 Å². The van der Waals surface area contributed by atoms with Crippen molar-refractivity contribution in [3.63, 3.8) is 0 Å². The summed E-state index contributed by atoms with van der Waals surface area (Å²) < 4.78 is 0. The molecule has 24 heavy (non-hydrogen) atoms. The second kappa shape index (κ2) is 6.12.